The molecule has 0 aliphatic heterocycles. The highest BCUT2D eigenvalue weighted by Crippen LogP contribution is 2.47. The molecule has 1 aliphatic carbocycles. The maximum atomic E-state index is 12.6. The van der Waals surface area contributed by atoms with Gasteiger partial charge in [-0.3, -0.25) is 4.79 Å². The minimum absolute atomic E-state index is 0.151. The molecule has 0 saturated heterocycles. The van der Waals surface area contributed by atoms with Gasteiger partial charge in [0.25, 0.3) is 0 Å². The number of benzene rings is 1. The van der Waals surface area contributed by atoms with Gasteiger partial charge < -0.3 is 5.32 Å². The van der Waals surface area contributed by atoms with Crippen LogP contribution in [0.2, 0.25) is 0 Å². The van der Waals surface area contributed by atoms with Crippen LogP contribution >= 0.6 is 0 Å². The topological polar surface area (TPSA) is 29.1 Å². The highest BCUT2D eigenvalue weighted by molar-refractivity contribution is 6.02. The Balaban J connectivity index is 2.27. The first-order chi connectivity index (χ1) is 8.39. The number of hydrogen-bond acceptors (Lipinski definition) is 2. The van der Waals surface area contributed by atoms with Crippen molar-refractivity contribution in [2.45, 2.75) is 19.0 Å². The van der Waals surface area contributed by atoms with Crippen molar-refractivity contribution >= 4 is 5.78 Å². The van der Waals surface area contributed by atoms with Crippen LogP contribution in [-0.4, -0.2) is 19.4 Å². The van der Waals surface area contributed by atoms with E-state index in [1.165, 1.54) is 12.1 Å². The van der Waals surface area contributed by atoms with Gasteiger partial charge in [0.1, 0.15) is 0 Å². The Morgan fingerprint density at radius 2 is 2.06 bits per heavy atom. The molecular formula is C13H14F3NO. The average Bonchev–Trinajstić information content (AvgIpc) is 3.09. The van der Waals surface area contributed by atoms with E-state index in [-0.39, 0.29) is 11.3 Å². The van der Waals surface area contributed by atoms with Gasteiger partial charge in [0.15, 0.2) is 5.78 Å². The lowest BCUT2D eigenvalue weighted by atomic mass is 9.93. The molecule has 0 atom stereocenters. The lowest BCUT2D eigenvalue weighted by molar-refractivity contribution is -0.137. The summed E-state index contributed by atoms with van der Waals surface area (Å²) < 4.78 is 37.7. The second kappa shape index (κ2) is 4.39. The van der Waals surface area contributed by atoms with Gasteiger partial charge in [0.05, 0.1) is 5.56 Å². The number of carbonyl (C=O) groups is 1. The van der Waals surface area contributed by atoms with E-state index in [1.807, 2.05) is 0 Å². The highest BCUT2D eigenvalue weighted by atomic mass is 19.4. The van der Waals surface area contributed by atoms with Crippen LogP contribution in [0.15, 0.2) is 24.3 Å². The van der Waals surface area contributed by atoms with Crippen LogP contribution in [-0.2, 0) is 6.18 Å². The molecule has 2 rings (SSSR count). The summed E-state index contributed by atoms with van der Waals surface area (Å²) in [5, 5.41) is 2.92. The van der Waals surface area contributed by atoms with Crippen molar-refractivity contribution in [3.05, 3.63) is 35.4 Å². The molecule has 0 radical (unpaired) electrons. The summed E-state index contributed by atoms with van der Waals surface area (Å²) in [5.41, 5.74) is -1.11. The molecule has 0 amide bonds. The number of carbonyl (C=O) groups excluding carboxylic acids is 1. The Hall–Kier alpha value is -1.36. The van der Waals surface area contributed by atoms with Crippen LogP contribution < -0.4 is 5.32 Å². The molecule has 5 heteroatoms. The zero-order valence-electron chi connectivity index (χ0n) is 9.97. The van der Waals surface area contributed by atoms with E-state index >= 15 is 0 Å². The van der Waals surface area contributed by atoms with Gasteiger partial charge in [0.2, 0.25) is 0 Å². The molecule has 1 N–H and O–H groups in total. The van der Waals surface area contributed by atoms with Crippen molar-refractivity contribution in [3.63, 3.8) is 0 Å². The minimum atomic E-state index is -4.41. The van der Waals surface area contributed by atoms with Crippen LogP contribution in [0.5, 0.6) is 0 Å². The van der Waals surface area contributed by atoms with E-state index < -0.39 is 17.2 Å². The number of Topliss-reactive ketones (excluding diaryl/α,β-unsaturated/α-hetero) is 1. The summed E-state index contributed by atoms with van der Waals surface area (Å²) in [6, 6.07) is 4.66. The standard InChI is InChI=1S/C13H14F3NO/c1-17-8-12(5-6-12)11(18)9-3-2-4-10(7-9)13(14,15)16/h2-4,7,17H,5-6,8H2,1H3. The molecule has 1 saturated carbocycles. The normalized spacial score (nSPS) is 17.6. The molecule has 2 nitrogen and oxygen atoms in total. The van der Waals surface area contributed by atoms with Crippen LogP contribution in [0.3, 0.4) is 0 Å². The quantitative estimate of drug-likeness (QED) is 0.840. The first-order valence-electron chi connectivity index (χ1n) is 5.76. The number of nitrogens with one attached hydrogen (secondary N) is 1. The van der Waals surface area contributed by atoms with Crippen molar-refractivity contribution in [1.29, 1.82) is 0 Å². The average molecular weight is 257 g/mol. The van der Waals surface area contributed by atoms with Gasteiger partial charge in [-0.15, -0.1) is 0 Å². The van der Waals surface area contributed by atoms with Gasteiger partial charge in [0, 0.05) is 17.5 Å². The molecule has 1 aromatic rings. The summed E-state index contributed by atoms with van der Waals surface area (Å²) in [4.78, 5) is 12.2. The lowest BCUT2D eigenvalue weighted by Gasteiger charge is -2.14. The zero-order chi connectivity index (χ0) is 13.4. The van der Waals surface area contributed by atoms with Gasteiger partial charge >= 0.3 is 6.18 Å². The van der Waals surface area contributed by atoms with Gasteiger partial charge in [-0.1, -0.05) is 12.1 Å². The molecule has 0 heterocycles. The summed E-state index contributed by atoms with van der Waals surface area (Å²) in [5.74, 6) is -0.192. The fraction of sp³-hybridized carbons (Fsp3) is 0.462. The van der Waals surface area contributed by atoms with Crippen LogP contribution in [0.25, 0.3) is 0 Å². The molecular weight excluding hydrogens is 243 g/mol. The van der Waals surface area contributed by atoms with Crippen molar-refractivity contribution in [2.75, 3.05) is 13.6 Å². The minimum Gasteiger partial charge on any atom is -0.319 e. The lowest BCUT2D eigenvalue weighted by Crippen LogP contribution is -2.28. The molecule has 18 heavy (non-hydrogen) atoms. The maximum Gasteiger partial charge on any atom is 0.416 e. The van der Waals surface area contributed by atoms with Crippen molar-refractivity contribution in [3.8, 4) is 0 Å². The maximum absolute atomic E-state index is 12.6. The third kappa shape index (κ3) is 2.41. The Kier molecular flexibility index (Phi) is 3.19. The van der Waals surface area contributed by atoms with E-state index in [9.17, 15) is 18.0 Å². The van der Waals surface area contributed by atoms with E-state index in [2.05, 4.69) is 5.32 Å². The van der Waals surface area contributed by atoms with Gasteiger partial charge in [-0.25, -0.2) is 0 Å². The first kappa shape index (κ1) is 13.1. The summed E-state index contributed by atoms with van der Waals surface area (Å²) in [6.45, 7) is 0.516. The highest BCUT2D eigenvalue weighted by Gasteiger charge is 2.49. The predicted molar refractivity (Wildman–Crippen MR) is 61.4 cm³/mol. The van der Waals surface area contributed by atoms with Crippen molar-refractivity contribution in [2.24, 2.45) is 5.41 Å². The molecule has 98 valence electrons. The van der Waals surface area contributed by atoms with Gasteiger partial charge in [-0.2, -0.15) is 13.2 Å². The van der Waals surface area contributed by atoms with Crippen LogP contribution in [0, 0.1) is 5.41 Å². The fourth-order valence-electron chi connectivity index (χ4n) is 2.12. The van der Waals surface area contributed by atoms with E-state index in [1.54, 1.807) is 7.05 Å². The smallest absolute Gasteiger partial charge is 0.319 e. The third-order valence-electron chi connectivity index (χ3n) is 3.30. The van der Waals surface area contributed by atoms with Crippen LogP contribution in [0.1, 0.15) is 28.8 Å². The van der Waals surface area contributed by atoms with E-state index in [0.29, 0.717) is 6.54 Å². The third-order valence-corrected chi connectivity index (χ3v) is 3.30. The molecule has 0 bridgehead atoms. The monoisotopic (exact) mass is 257 g/mol. The number of alkyl halides is 3. The molecule has 0 spiro atoms. The Morgan fingerprint density at radius 1 is 1.39 bits per heavy atom. The zero-order valence-corrected chi connectivity index (χ0v) is 9.97. The van der Waals surface area contributed by atoms with Crippen molar-refractivity contribution < 1.29 is 18.0 Å². The second-order valence-corrected chi connectivity index (χ2v) is 4.72. The number of hydrogen-bond donors (Lipinski definition) is 1. The first-order valence-corrected chi connectivity index (χ1v) is 5.76. The van der Waals surface area contributed by atoms with Gasteiger partial charge in [-0.05, 0) is 32.0 Å². The fourth-order valence-corrected chi connectivity index (χ4v) is 2.12. The van der Waals surface area contributed by atoms with E-state index in [0.717, 1.165) is 25.0 Å². The Labute approximate surface area is 103 Å². The predicted octanol–water partition coefficient (Wildman–Crippen LogP) is 2.89. The number of ketones is 1. The number of halogens is 3. The second-order valence-electron chi connectivity index (χ2n) is 4.72. The number of rotatable bonds is 4. The summed E-state index contributed by atoms with van der Waals surface area (Å²) >= 11 is 0. The van der Waals surface area contributed by atoms with Crippen LogP contribution in [0.4, 0.5) is 13.2 Å². The summed E-state index contributed by atoms with van der Waals surface area (Å²) in [6.07, 6.45) is -2.93. The molecule has 0 unspecified atom stereocenters. The van der Waals surface area contributed by atoms with E-state index in [4.69, 9.17) is 0 Å². The summed E-state index contributed by atoms with van der Waals surface area (Å²) in [7, 11) is 1.74. The SMILES string of the molecule is CNCC1(C(=O)c2cccc(C(F)(F)F)c2)CC1. The Bertz CT molecular complexity index is 464. The molecule has 1 aliphatic rings. The van der Waals surface area contributed by atoms with Crippen molar-refractivity contribution in [1.82, 2.24) is 5.32 Å². The largest absolute Gasteiger partial charge is 0.416 e. The molecule has 0 aromatic heterocycles. The Morgan fingerprint density at radius 3 is 2.56 bits per heavy atom. The molecule has 1 fully saturated rings. The molecule has 1 aromatic carbocycles.